The number of hydrogen-bond donors (Lipinski definition) is 0. The molecule has 1 saturated heterocycles. The molecule has 0 N–H and O–H groups in total. The smallest absolute Gasteiger partial charge is 0.0843 e. The van der Waals surface area contributed by atoms with E-state index in [1.54, 1.807) is 0 Å². The molecule has 2 fully saturated rings. The van der Waals surface area contributed by atoms with Crippen LogP contribution in [0.4, 0.5) is 0 Å². The fourth-order valence-electron chi connectivity index (χ4n) is 2.98. The average Bonchev–Trinajstić information content (AvgIpc) is 2.55. The molecular weight excluding hydrogens is 174 g/mol. The summed E-state index contributed by atoms with van der Waals surface area (Å²) in [4.78, 5) is 0. The molecule has 1 heterocycles. The molecular formula is C12H19NO. The fourth-order valence-corrected chi connectivity index (χ4v) is 2.98. The van der Waals surface area contributed by atoms with Crippen molar-refractivity contribution < 1.29 is 4.74 Å². The van der Waals surface area contributed by atoms with Crippen molar-refractivity contribution in [3.63, 3.8) is 0 Å². The van der Waals surface area contributed by atoms with E-state index >= 15 is 0 Å². The van der Waals surface area contributed by atoms with Crippen molar-refractivity contribution in [3.8, 4) is 6.07 Å². The van der Waals surface area contributed by atoms with Crippen molar-refractivity contribution in [1.82, 2.24) is 0 Å². The van der Waals surface area contributed by atoms with Crippen LogP contribution in [-0.2, 0) is 4.74 Å². The molecule has 2 rings (SSSR count). The van der Waals surface area contributed by atoms with Crippen LogP contribution in [0.15, 0.2) is 0 Å². The van der Waals surface area contributed by atoms with E-state index in [0.717, 1.165) is 31.8 Å². The Bertz CT molecular complexity index is 258. The van der Waals surface area contributed by atoms with Crippen LogP contribution < -0.4 is 0 Å². The Labute approximate surface area is 86.2 Å². The molecule has 14 heavy (non-hydrogen) atoms. The first kappa shape index (κ1) is 9.98. The molecule has 4 unspecified atom stereocenters. The third-order valence-corrected chi connectivity index (χ3v) is 4.25. The summed E-state index contributed by atoms with van der Waals surface area (Å²) >= 11 is 0. The van der Waals surface area contributed by atoms with E-state index in [2.05, 4.69) is 19.9 Å². The van der Waals surface area contributed by atoms with Crippen molar-refractivity contribution >= 4 is 0 Å². The highest BCUT2D eigenvalue weighted by molar-refractivity contribution is 5.05. The molecule has 1 saturated carbocycles. The zero-order valence-electron chi connectivity index (χ0n) is 9.12. The Morgan fingerprint density at radius 3 is 2.71 bits per heavy atom. The van der Waals surface area contributed by atoms with Crippen molar-refractivity contribution in [2.24, 2.45) is 17.8 Å². The number of rotatable bonds is 0. The predicted octanol–water partition coefficient (Wildman–Crippen LogP) is 2.74. The average molecular weight is 193 g/mol. The van der Waals surface area contributed by atoms with Crippen LogP contribution in [0.5, 0.6) is 0 Å². The van der Waals surface area contributed by atoms with Crippen LogP contribution in [0.2, 0.25) is 0 Å². The maximum Gasteiger partial charge on any atom is 0.0843 e. The molecule has 0 aromatic heterocycles. The molecule has 1 spiro atoms. The van der Waals surface area contributed by atoms with E-state index in [4.69, 9.17) is 10.00 Å². The van der Waals surface area contributed by atoms with Crippen molar-refractivity contribution in [2.75, 3.05) is 6.61 Å². The summed E-state index contributed by atoms with van der Waals surface area (Å²) in [5.41, 5.74) is -0.0688. The molecule has 0 aromatic rings. The molecule has 2 heteroatoms. The highest BCUT2D eigenvalue weighted by Gasteiger charge is 2.48. The largest absolute Gasteiger partial charge is 0.374 e. The van der Waals surface area contributed by atoms with Crippen LogP contribution >= 0.6 is 0 Å². The standard InChI is InChI=1S/C12H19NO/c1-9-3-5-12(7-10(9)2)11(8-13)4-6-14-12/h9-11H,3-7H2,1-2H3. The second-order valence-electron chi connectivity index (χ2n) is 5.08. The quantitative estimate of drug-likeness (QED) is 0.592. The Morgan fingerprint density at radius 2 is 2.07 bits per heavy atom. The molecule has 78 valence electrons. The summed E-state index contributed by atoms with van der Waals surface area (Å²) in [6.07, 6.45) is 4.35. The predicted molar refractivity (Wildman–Crippen MR) is 54.6 cm³/mol. The Balaban J connectivity index is 2.13. The monoisotopic (exact) mass is 193 g/mol. The van der Waals surface area contributed by atoms with Gasteiger partial charge in [-0.2, -0.15) is 5.26 Å². The first-order chi connectivity index (χ1) is 6.68. The van der Waals surface area contributed by atoms with Gasteiger partial charge in [0.25, 0.3) is 0 Å². The van der Waals surface area contributed by atoms with Gasteiger partial charge in [-0.3, -0.25) is 0 Å². The molecule has 0 aromatic carbocycles. The van der Waals surface area contributed by atoms with Gasteiger partial charge in [-0.25, -0.2) is 0 Å². The van der Waals surface area contributed by atoms with Gasteiger partial charge < -0.3 is 4.74 Å². The van der Waals surface area contributed by atoms with Gasteiger partial charge in [0.05, 0.1) is 17.6 Å². The van der Waals surface area contributed by atoms with Gasteiger partial charge >= 0.3 is 0 Å². The zero-order chi connectivity index (χ0) is 10.2. The first-order valence-corrected chi connectivity index (χ1v) is 5.71. The molecule has 4 atom stereocenters. The van der Waals surface area contributed by atoms with Gasteiger partial charge in [-0.05, 0) is 37.5 Å². The molecule has 1 aliphatic heterocycles. The van der Waals surface area contributed by atoms with Crippen LogP contribution in [0.1, 0.15) is 39.5 Å². The summed E-state index contributed by atoms with van der Waals surface area (Å²) < 4.78 is 5.88. The van der Waals surface area contributed by atoms with E-state index in [1.165, 1.54) is 6.42 Å². The molecule has 0 radical (unpaired) electrons. The SMILES string of the molecule is CC1CCC2(CC1C)OCCC2C#N. The van der Waals surface area contributed by atoms with Gasteiger partial charge in [0.2, 0.25) is 0 Å². The molecule has 1 aliphatic carbocycles. The van der Waals surface area contributed by atoms with Gasteiger partial charge in [0, 0.05) is 6.61 Å². The summed E-state index contributed by atoms with van der Waals surface area (Å²) in [5, 5.41) is 9.11. The maximum atomic E-state index is 9.11. The topological polar surface area (TPSA) is 33.0 Å². The van der Waals surface area contributed by atoms with Gasteiger partial charge in [0.1, 0.15) is 0 Å². The highest BCUT2D eigenvalue weighted by Crippen LogP contribution is 2.46. The number of nitriles is 1. The van der Waals surface area contributed by atoms with Crippen molar-refractivity contribution in [2.45, 2.75) is 45.1 Å². The molecule has 2 aliphatic rings. The molecule has 0 bridgehead atoms. The normalized spacial score (nSPS) is 47.9. The van der Waals surface area contributed by atoms with E-state index in [1.807, 2.05) is 0 Å². The van der Waals surface area contributed by atoms with E-state index in [0.29, 0.717) is 5.92 Å². The summed E-state index contributed by atoms with van der Waals surface area (Å²) in [5.74, 6) is 1.65. The molecule has 0 amide bonds. The minimum Gasteiger partial charge on any atom is -0.374 e. The van der Waals surface area contributed by atoms with E-state index in [9.17, 15) is 0 Å². The number of ether oxygens (including phenoxy) is 1. The van der Waals surface area contributed by atoms with E-state index < -0.39 is 0 Å². The number of hydrogen-bond acceptors (Lipinski definition) is 2. The first-order valence-electron chi connectivity index (χ1n) is 5.71. The van der Waals surface area contributed by atoms with Gasteiger partial charge in [0.15, 0.2) is 0 Å². The summed E-state index contributed by atoms with van der Waals surface area (Å²) in [6, 6.07) is 2.43. The maximum absolute atomic E-state index is 9.11. The van der Waals surface area contributed by atoms with Crippen LogP contribution in [0, 0.1) is 29.1 Å². The van der Waals surface area contributed by atoms with Crippen LogP contribution in [0.3, 0.4) is 0 Å². The fraction of sp³-hybridized carbons (Fsp3) is 0.917. The van der Waals surface area contributed by atoms with Crippen LogP contribution in [-0.4, -0.2) is 12.2 Å². The van der Waals surface area contributed by atoms with Crippen molar-refractivity contribution in [3.05, 3.63) is 0 Å². The minimum absolute atomic E-state index is 0.0688. The number of nitrogens with zero attached hydrogens (tertiary/aromatic N) is 1. The lowest BCUT2D eigenvalue weighted by Gasteiger charge is -2.41. The summed E-state index contributed by atoms with van der Waals surface area (Å²) in [6.45, 7) is 5.40. The lowest BCUT2D eigenvalue weighted by atomic mass is 9.68. The Morgan fingerprint density at radius 1 is 1.29 bits per heavy atom. The third kappa shape index (κ3) is 1.44. The Kier molecular flexibility index (Phi) is 2.53. The third-order valence-electron chi connectivity index (χ3n) is 4.25. The Hall–Kier alpha value is -0.550. The minimum atomic E-state index is -0.0688. The second kappa shape index (κ2) is 3.55. The lowest BCUT2D eigenvalue weighted by molar-refractivity contribution is -0.0637. The molecule has 2 nitrogen and oxygen atoms in total. The van der Waals surface area contributed by atoms with E-state index in [-0.39, 0.29) is 11.5 Å². The van der Waals surface area contributed by atoms with Gasteiger partial charge in [-0.15, -0.1) is 0 Å². The zero-order valence-corrected chi connectivity index (χ0v) is 9.12. The van der Waals surface area contributed by atoms with Crippen LogP contribution in [0.25, 0.3) is 0 Å². The lowest BCUT2D eigenvalue weighted by Crippen LogP contribution is -2.41. The summed E-state index contributed by atoms with van der Waals surface area (Å²) in [7, 11) is 0. The highest BCUT2D eigenvalue weighted by atomic mass is 16.5. The van der Waals surface area contributed by atoms with Crippen molar-refractivity contribution in [1.29, 1.82) is 5.26 Å². The van der Waals surface area contributed by atoms with Gasteiger partial charge in [-0.1, -0.05) is 13.8 Å². The second-order valence-corrected chi connectivity index (χ2v) is 5.08.